The lowest BCUT2D eigenvalue weighted by molar-refractivity contribution is 0.277. The summed E-state index contributed by atoms with van der Waals surface area (Å²) in [7, 11) is -0.638. The summed E-state index contributed by atoms with van der Waals surface area (Å²) in [6, 6.07) is 21.5. The van der Waals surface area contributed by atoms with Crippen LogP contribution in [0.1, 0.15) is 13.8 Å². The van der Waals surface area contributed by atoms with Gasteiger partial charge >= 0.3 is 0 Å². The van der Waals surface area contributed by atoms with Crippen molar-refractivity contribution in [1.82, 2.24) is 0 Å². The topological polar surface area (TPSA) is 21.6 Å². The molecule has 1 fully saturated rings. The molecule has 0 amide bonds. The third-order valence-electron chi connectivity index (χ3n) is 4.26. The zero-order valence-corrected chi connectivity index (χ0v) is 15.4. The van der Waals surface area contributed by atoms with Gasteiger partial charge in [0, 0.05) is 5.66 Å². The zero-order chi connectivity index (χ0) is 17.3. The lowest BCUT2D eigenvalue weighted by atomic mass is 10.1. The van der Waals surface area contributed by atoms with Crippen molar-refractivity contribution in [2.45, 2.75) is 19.4 Å². The third-order valence-corrected chi connectivity index (χ3v) is 6.76. The molecule has 2 aromatic carbocycles. The van der Waals surface area contributed by atoms with Crippen LogP contribution in [0, 0.1) is 30.8 Å². The van der Waals surface area contributed by atoms with Crippen LogP contribution in [-0.4, -0.2) is 18.0 Å². The van der Waals surface area contributed by atoms with Gasteiger partial charge in [0.1, 0.15) is 6.61 Å². The lowest BCUT2D eigenvalue weighted by Crippen LogP contribution is -2.23. The fourth-order valence-electron chi connectivity index (χ4n) is 3.09. The number of aliphatic imine (C=N–C) groups is 1. The van der Waals surface area contributed by atoms with E-state index in [9.17, 15) is 0 Å². The minimum atomic E-state index is -0.638. The fourth-order valence-corrected chi connectivity index (χ4v) is 5.53. The van der Waals surface area contributed by atoms with Crippen molar-refractivity contribution in [2.75, 3.05) is 6.61 Å². The predicted molar refractivity (Wildman–Crippen MR) is 106 cm³/mol. The fraction of sp³-hybridized carbons (Fsp3) is 0.182. The normalized spacial score (nSPS) is 20.7. The summed E-state index contributed by atoms with van der Waals surface area (Å²) in [5.41, 5.74) is 1.16. The minimum absolute atomic E-state index is 0.147. The molecule has 0 saturated heterocycles. The number of benzene rings is 2. The molecule has 0 N–H and O–H groups in total. The van der Waals surface area contributed by atoms with E-state index in [1.54, 1.807) is 0 Å². The Hall–Kier alpha value is -1.66. The Morgan fingerprint density at radius 2 is 1.48 bits per heavy atom. The summed E-state index contributed by atoms with van der Waals surface area (Å²) in [5, 5.41) is 2.68. The van der Waals surface area contributed by atoms with Crippen LogP contribution in [0.2, 0.25) is 0 Å². The molecular formula is C22H21NOP. The molecule has 25 heavy (non-hydrogen) atoms. The third kappa shape index (κ3) is 3.51. The van der Waals surface area contributed by atoms with E-state index in [-0.39, 0.29) is 5.54 Å². The molecule has 3 heteroatoms. The van der Waals surface area contributed by atoms with Crippen LogP contribution >= 0.6 is 7.92 Å². The van der Waals surface area contributed by atoms with E-state index in [0.29, 0.717) is 6.61 Å². The molecule has 125 valence electrons. The lowest BCUT2D eigenvalue weighted by Gasteiger charge is -2.28. The first-order chi connectivity index (χ1) is 12.1. The Morgan fingerprint density at radius 3 is 2.00 bits per heavy atom. The molecule has 1 heterocycles. The maximum Gasteiger partial charge on any atom is 0.192 e. The monoisotopic (exact) mass is 346 g/mol. The van der Waals surface area contributed by atoms with Gasteiger partial charge in [0.05, 0.1) is 11.5 Å². The maximum atomic E-state index is 5.94. The van der Waals surface area contributed by atoms with Crippen molar-refractivity contribution in [1.29, 1.82) is 0 Å². The second kappa shape index (κ2) is 6.92. The van der Waals surface area contributed by atoms with E-state index in [1.165, 1.54) is 16.3 Å². The number of ether oxygens (including phenoxy) is 1. The molecule has 0 spiro atoms. The van der Waals surface area contributed by atoms with Gasteiger partial charge in [0.15, 0.2) is 5.90 Å². The Balaban J connectivity index is 1.72. The molecule has 1 saturated carbocycles. The van der Waals surface area contributed by atoms with Crippen LogP contribution in [0.5, 0.6) is 0 Å². The van der Waals surface area contributed by atoms with Crippen LogP contribution in [0.3, 0.4) is 0 Å². The summed E-state index contributed by atoms with van der Waals surface area (Å²) < 4.78 is 5.94. The molecule has 2 aliphatic rings. The van der Waals surface area contributed by atoms with Gasteiger partial charge in [-0.2, -0.15) is 0 Å². The van der Waals surface area contributed by atoms with Gasteiger partial charge in [-0.1, -0.05) is 60.7 Å². The van der Waals surface area contributed by atoms with Gasteiger partial charge in [-0.05, 0) is 51.6 Å². The maximum absolute atomic E-state index is 5.94. The first-order valence-corrected chi connectivity index (χ1v) is 9.87. The second-order valence-electron chi connectivity index (χ2n) is 6.85. The van der Waals surface area contributed by atoms with E-state index >= 15 is 0 Å². The van der Waals surface area contributed by atoms with E-state index in [0.717, 1.165) is 11.8 Å². The number of rotatable bonds is 4. The highest BCUT2D eigenvalue weighted by Crippen LogP contribution is 2.56. The van der Waals surface area contributed by atoms with E-state index in [4.69, 9.17) is 9.73 Å². The highest BCUT2D eigenvalue weighted by atomic mass is 31.1. The highest BCUT2D eigenvalue weighted by Gasteiger charge is 2.43. The SMILES string of the molecule is CC1(C)COC([C]2[CH][CH][CH][C]2P(c2ccccc2)c2ccccc2)=N1. The standard InChI is InChI=1S/C22H21NOP/c1-22(2)16-24-21(23-22)19-14-9-15-20(19)25(17-10-5-3-6-11-17)18-12-7-4-8-13-18/h3-15H,16H2,1-2H3. The number of hydrogen-bond donors (Lipinski definition) is 0. The summed E-state index contributed by atoms with van der Waals surface area (Å²) in [6.45, 7) is 4.86. The van der Waals surface area contributed by atoms with Gasteiger partial charge in [-0.25, -0.2) is 4.99 Å². The van der Waals surface area contributed by atoms with E-state index in [1.807, 2.05) is 0 Å². The first-order valence-electron chi connectivity index (χ1n) is 8.53. The summed E-state index contributed by atoms with van der Waals surface area (Å²) in [6.07, 6.45) is 6.47. The van der Waals surface area contributed by atoms with E-state index < -0.39 is 7.92 Å². The Kier molecular flexibility index (Phi) is 4.65. The van der Waals surface area contributed by atoms with Crippen LogP contribution in [0.15, 0.2) is 65.7 Å². The highest BCUT2D eigenvalue weighted by molar-refractivity contribution is 7.76. The average molecular weight is 346 g/mol. The van der Waals surface area contributed by atoms with Crippen molar-refractivity contribution in [3.63, 3.8) is 0 Å². The Morgan fingerprint density at radius 1 is 0.880 bits per heavy atom. The van der Waals surface area contributed by atoms with Gasteiger partial charge in [0.2, 0.25) is 0 Å². The van der Waals surface area contributed by atoms with E-state index in [2.05, 4.69) is 93.8 Å². The first kappa shape index (κ1) is 16.8. The molecule has 5 radical (unpaired) electrons. The summed E-state index contributed by atoms with van der Waals surface area (Å²) in [4.78, 5) is 4.80. The molecule has 1 aliphatic carbocycles. The van der Waals surface area contributed by atoms with Crippen LogP contribution in [0.4, 0.5) is 0 Å². The molecule has 1 aliphatic heterocycles. The van der Waals surface area contributed by atoms with Crippen LogP contribution in [-0.2, 0) is 4.74 Å². The van der Waals surface area contributed by atoms with Crippen LogP contribution in [0.25, 0.3) is 0 Å². The molecular weight excluding hydrogens is 325 g/mol. The van der Waals surface area contributed by atoms with Crippen molar-refractivity contribution in [3.05, 3.63) is 91.5 Å². The van der Waals surface area contributed by atoms with Crippen molar-refractivity contribution in [2.24, 2.45) is 4.99 Å². The quantitative estimate of drug-likeness (QED) is 0.765. The number of nitrogens with zero attached hydrogens (tertiary/aromatic N) is 1. The van der Waals surface area contributed by atoms with Gasteiger partial charge in [-0.15, -0.1) is 0 Å². The predicted octanol–water partition coefficient (Wildman–Crippen LogP) is 4.06. The molecule has 0 unspecified atom stereocenters. The summed E-state index contributed by atoms with van der Waals surface area (Å²) >= 11 is 0. The van der Waals surface area contributed by atoms with Gasteiger partial charge in [-0.3, -0.25) is 0 Å². The molecule has 0 aromatic heterocycles. The van der Waals surface area contributed by atoms with Crippen LogP contribution < -0.4 is 10.6 Å². The molecule has 0 bridgehead atoms. The number of hydrogen-bond acceptors (Lipinski definition) is 2. The van der Waals surface area contributed by atoms with Crippen molar-refractivity contribution in [3.8, 4) is 0 Å². The molecule has 2 nitrogen and oxygen atoms in total. The smallest absolute Gasteiger partial charge is 0.192 e. The van der Waals surface area contributed by atoms with Gasteiger partial charge < -0.3 is 4.74 Å². The van der Waals surface area contributed by atoms with Crippen molar-refractivity contribution < 1.29 is 4.74 Å². The largest absolute Gasteiger partial charge is 0.478 e. The molecule has 2 aromatic rings. The zero-order valence-electron chi connectivity index (χ0n) is 14.5. The molecule has 0 atom stereocenters. The van der Waals surface area contributed by atoms with Gasteiger partial charge in [0.25, 0.3) is 0 Å². The second-order valence-corrected chi connectivity index (χ2v) is 9.03. The Labute approximate surface area is 152 Å². The Bertz CT molecular complexity index is 702. The average Bonchev–Trinajstić information content (AvgIpc) is 3.23. The van der Waals surface area contributed by atoms with Crippen molar-refractivity contribution >= 4 is 24.4 Å². The minimum Gasteiger partial charge on any atom is -0.478 e. The molecule has 4 rings (SSSR count). The summed E-state index contributed by atoms with van der Waals surface area (Å²) in [5.74, 6) is 1.91.